The standard InChI is InChI=1S/C20H38O8/c1-7-9-11-13-19(3,4)27-25-17(21)23-15-16-24-18(22)26-28-20(5,6)14-12-10-8-2/h7-16H2,1-6H3. The molecule has 0 saturated heterocycles. The Bertz CT molecular complexity index is 394. The molecule has 166 valence electrons. The predicted molar refractivity (Wildman–Crippen MR) is 103 cm³/mol. The maximum atomic E-state index is 11.5. The van der Waals surface area contributed by atoms with Gasteiger partial charge in [-0.1, -0.05) is 52.4 Å². The van der Waals surface area contributed by atoms with Crippen molar-refractivity contribution >= 4 is 12.3 Å². The normalized spacial score (nSPS) is 11.8. The number of carbonyl (C=O) groups is 2. The summed E-state index contributed by atoms with van der Waals surface area (Å²) in [7, 11) is 0. The third kappa shape index (κ3) is 15.5. The molecule has 8 heteroatoms. The van der Waals surface area contributed by atoms with E-state index >= 15 is 0 Å². The minimum absolute atomic E-state index is 0.187. The summed E-state index contributed by atoms with van der Waals surface area (Å²) in [6.07, 6.45) is 5.88. The molecule has 28 heavy (non-hydrogen) atoms. The molecule has 0 amide bonds. The van der Waals surface area contributed by atoms with Crippen LogP contribution in [-0.4, -0.2) is 36.7 Å². The van der Waals surface area contributed by atoms with Gasteiger partial charge in [-0.2, -0.15) is 9.78 Å². The number of unbranched alkanes of at least 4 members (excludes halogenated alkanes) is 4. The number of ether oxygens (including phenoxy) is 2. The summed E-state index contributed by atoms with van der Waals surface area (Å²) in [5.74, 6) is 0. The van der Waals surface area contributed by atoms with Gasteiger partial charge >= 0.3 is 12.3 Å². The fourth-order valence-corrected chi connectivity index (χ4v) is 2.28. The van der Waals surface area contributed by atoms with Crippen molar-refractivity contribution in [1.29, 1.82) is 0 Å². The summed E-state index contributed by atoms with van der Waals surface area (Å²) >= 11 is 0. The van der Waals surface area contributed by atoms with E-state index in [4.69, 9.17) is 19.2 Å². The molecule has 0 aromatic heterocycles. The molecule has 0 atom stereocenters. The monoisotopic (exact) mass is 406 g/mol. The first-order valence-corrected chi connectivity index (χ1v) is 10.2. The summed E-state index contributed by atoms with van der Waals surface area (Å²) in [6, 6.07) is 0. The Morgan fingerprint density at radius 1 is 0.643 bits per heavy atom. The smallest absolute Gasteiger partial charge is 0.429 e. The maximum absolute atomic E-state index is 11.5. The molecular formula is C20H38O8. The van der Waals surface area contributed by atoms with Crippen molar-refractivity contribution in [1.82, 2.24) is 0 Å². The van der Waals surface area contributed by atoms with Crippen LogP contribution in [0.2, 0.25) is 0 Å². The lowest BCUT2D eigenvalue weighted by Gasteiger charge is -2.22. The zero-order valence-corrected chi connectivity index (χ0v) is 18.3. The molecule has 0 heterocycles. The molecule has 0 bridgehead atoms. The Hall–Kier alpha value is -1.54. The second-order valence-corrected chi connectivity index (χ2v) is 7.96. The third-order valence-corrected chi connectivity index (χ3v) is 3.96. The summed E-state index contributed by atoms with van der Waals surface area (Å²) in [4.78, 5) is 42.4. The van der Waals surface area contributed by atoms with Crippen molar-refractivity contribution in [2.45, 2.75) is 104 Å². The highest BCUT2D eigenvalue weighted by atomic mass is 17.2. The van der Waals surface area contributed by atoms with Gasteiger partial charge in [0.15, 0.2) is 0 Å². The van der Waals surface area contributed by atoms with Gasteiger partial charge in [0.25, 0.3) is 0 Å². The largest absolute Gasteiger partial charge is 0.540 e. The van der Waals surface area contributed by atoms with Crippen LogP contribution in [0.3, 0.4) is 0 Å². The van der Waals surface area contributed by atoms with Gasteiger partial charge in [-0.3, -0.25) is 9.78 Å². The minimum Gasteiger partial charge on any atom is -0.429 e. The van der Waals surface area contributed by atoms with E-state index in [1.807, 2.05) is 27.7 Å². The van der Waals surface area contributed by atoms with Gasteiger partial charge in [0.1, 0.15) is 24.4 Å². The van der Waals surface area contributed by atoms with Gasteiger partial charge in [0.2, 0.25) is 0 Å². The molecule has 0 fully saturated rings. The van der Waals surface area contributed by atoms with Gasteiger partial charge in [-0.25, -0.2) is 9.59 Å². The van der Waals surface area contributed by atoms with Crippen molar-refractivity contribution in [3.05, 3.63) is 0 Å². The Morgan fingerprint density at radius 2 is 1.00 bits per heavy atom. The van der Waals surface area contributed by atoms with Gasteiger partial charge < -0.3 is 9.47 Å². The lowest BCUT2D eigenvalue weighted by Crippen LogP contribution is -2.27. The van der Waals surface area contributed by atoms with E-state index in [-0.39, 0.29) is 13.2 Å². The molecule has 0 spiro atoms. The van der Waals surface area contributed by atoms with E-state index in [1.165, 1.54) is 0 Å². The first-order chi connectivity index (χ1) is 13.1. The lowest BCUT2D eigenvalue weighted by molar-refractivity contribution is -0.321. The van der Waals surface area contributed by atoms with Crippen molar-refractivity contribution in [3.8, 4) is 0 Å². The zero-order valence-electron chi connectivity index (χ0n) is 18.3. The summed E-state index contributed by atoms with van der Waals surface area (Å²) in [5.41, 5.74) is -1.18. The molecule has 0 radical (unpaired) electrons. The minimum atomic E-state index is -0.992. The molecule has 0 aliphatic carbocycles. The highest BCUT2D eigenvalue weighted by molar-refractivity contribution is 5.59. The third-order valence-electron chi connectivity index (χ3n) is 3.96. The first kappa shape index (κ1) is 26.5. The van der Waals surface area contributed by atoms with Crippen molar-refractivity contribution in [3.63, 3.8) is 0 Å². The fourth-order valence-electron chi connectivity index (χ4n) is 2.28. The second-order valence-electron chi connectivity index (χ2n) is 7.96. The summed E-state index contributed by atoms with van der Waals surface area (Å²) in [5, 5.41) is 0. The lowest BCUT2D eigenvalue weighted by atomic mass is 10.0. The molecule has 0 N–H and O–H groups in total. The van der Waals surface area contributed by atoms with E-state index in [0.717, 1.165) is 51.4 Å². The Balaban J connectivity index is 3.82. The van der Waals surface area contributed by atoms with E-state index in [0.29, 0.717) is 0 Å². The molecule has 8 nitrogen and oxygen atoms in total. The predicted octanol–water partition coefficient (Wildman–Crippen LogP) is 5.87. The van der Waals surface area contributed by atoms with E-state index in [1.54, 1.807) is 0 Å². The first-order valence-electron chi connectivity index (χ1n) is 10.2. The van der Waals surface area contributed by atoms with Crippen LogP contribution in [0.4, 0.5) is 9.59 Å². The Kier molecular flexibility index (Phi) is 13.7. The number of carbonyl (C=O) groups excluding carboxylic acids is 2. The van der Waals surface area contributed by atoms with Crippen molar-refractivity contribution < 1.29 is 38.6 Å². The SMILES string of the molecule is CCCCCC(C)(C)OOC(=O)OCCOC(=O)OOC(C)(C)CCCCC. The van der Waals surface area contributed by atoms with Gasteiger partial charge in [-0.05, 0) is 40.5 Å². The van der Waals surface area contributed by atoms with Crippen LogP contribution in [0.15, 0.2) is 0 Å². The zero-order chi connectivity index (χ0) is 21.5. The average molecular weight is 407 g/mol. The second kappa shape index (κ2) is 14.5. The summed E-state index contributed by atoms with van der Waals surface area (Å²) < 4.78 is 9.53. The van der Waals surface area contributed by atoms with Crippen LogP contribution >= 0.6 is 0 Å². The average Bonchev–Trinajstić information content (AvgIpc) is 2.62. The van der Waals surface area contributed by atoms with Crippen LogP contribution in [0.1, 0.15) is 92.9 Å². The van der Waals surface area contributed by atoms with Crippen LogP contribution in [0, 0.1) is 0 Å². The molecule has 0 rings (SSSR count). The molecule has 0 aromatic rings. The topological polar surface area (TPSA) is 89.5 Å². The van der Waals surface area contributed by atoms with Gasteiger partial charge in [0, 0.05) is 0 Å². The van der Waals surface area contributed by atoms with E-state index in [9.17, 15) is 9.59 Å². The van der Waals surface area contributed by atoms with Crippen LogP contribution in [0.25, 0.3) is 0 Å². The number of hydrogen-bond acceptors (Lipinski definition) is 8. The summed E-state index contributed by atoms with van der Waals surface area (Å²) in [6.45, 7) is 11.2. The molecule has 0 aliphatic heterocycles. The number of rotatable bonds is 15. The Morgan fingerprint density at radius 3 is 1.32 bits per heavy atom. The molecule has 0 unspecified atom stereocenters. The van der Waals surface area contributed by atoms with Crippen LogP contribution in [-0.2, 0) is 29.0 Å². The highest BCUT2D eigenvalue weighted by Crippen LogP contribution is 2.20. The fraction of sp³-hybridized carbons (Fsp3) is 0.900. The number of hydrogen-bond donors (Lipinski definition) is 0. The molecular weight excluding hydrogens is 368 g/mol. The van der Waals surface area contributed by atoms with E-state index < -0.39 is 23.5 Å². The Labute approximate surface area is 169 Å². The quantitative estimate of drug-likeness (QED) is 0.144. The van der Waals surface area contributed by atoms with Gasteiger partial charge in [-0.15, -0.1) is 0 Å². The van der Waals surface area contributed by atoms with Crippen LogP contribution in [0.5, 0.6) is 0 Å². The molecule has 0 aromatic carbocycles. The van der Waals surface area contributed by atoms with Crippen molar-refractivity contribution in [2.75, 3.05) is 13.2 Å². The van der Waals surface area contributed by atoms with E-state index in [2.05, 4.69) is 23.6 Å². The van der Waals surface area contributed by atoms with Crippen molar-refractivity contribution in [2.24, 2.45) is 0 Å². The van der Waals surface area contributed by atoms with Gasteiger partial charge in [0.05, 0.1) is 0 Å². The molecule has 0 aliphatic rings. The van der Waals surface area contributed by atoms with Crippen LogP contribution < -0.4 is 0 Å². The maximum Gasteiger partial charge on any atom is 0.540 e. The molecule has 0 saturated carbocycles. The highest BCUT2D eigenvalue weighted by Gasteiger charge is 2.23.